The van der Waals surface area contributed by atoms with E-state index >= 15 is 0 Å². The monoisotopic (exact) mass is 378 g/mol. The molecule has 0 atom stereocenters. The molecule has 0 saturated carbocycles. The summed E-state index contributed by atoms with van der Waals surface area (Å²) >= 11 is 0. The molecular formula is C20H21F3N2O2. The molecule has 2 aromatic rings. The zero-order valence-electron chi connectivity index (χ0n) is 14.9. The van der Waals surface area contributed by atoms with Crippen LogP contribution in [0, 0.1) is 0 Å². The van der Waals surface area contributed by atoms with E-state index in [1.165, 1.54) is 6.92 Å². The van der Waals surface area contributed by atoms with Crippen LogP contribution in [0.15, 0.2) is 54.6 Å². The Hall–Kier alpha value is -2.83. The van der Waals surface area contributed by atoms with E-state index in [-0.39, 0.29) is 18.0 Å². The molecule has 0 aliphatic rings. The Morgan fingerprint density at radius 2 is 1.59 bits per heavy atom. The third kappa shape index (κ3) is 6.44. The van der Waals surface area contributed by atoms with Crippen LogP contribution in [0.4, 0.5) is 13.2 Å². The first-order valence-electron chi connectivity index (χ1n) is 8.52. The highest BCUT2D eigenvalue weighted by Gasteiger charge is 2.30. The van der Waals surface area contributed by atoms with Crippen LogP contribution in [0.3, 0.4) is 0 Å². The number of benzene rings is 2. The topological polar surface area (TPSA) is 49.4 Å². The highest BCUT2D eigenvalue weighted by molar-refractivity contribution is 5.94. The molecular weight excluding hydrogens is 357 g/mol. The number of halogens is 3. The lowest BCUT2D eigenvalue weighted by Gasteiger charge is -2.21. The van der Waals surface area contributed by atoms with Gasteiger partial charge in [0.1, 0.15) is 0 Å². The molecule has 0 aliphatic heterocycles. The van der Waals surface area contributed by atoms with E-state index in [2.05, 4.69) is 5.32 Å². The average molecular weight is 378 g/mol. The van der Waals surface area contributed by atoms with Gasteiger partial charge in [0.25, 0.3) is 5.91 Å². The summed E-state index contributed by atoms with van der Waals surface area (Å²) in [5.74, 6) is -0.579. The minimum atomic E-state index is -4.43. The maximum Gasteiger partial charge on any atom is 0.416 e. The summed E-state index contributed by atoms with van der Waals surface area (Å²) in [4.78, 5) is 25.4. The van der Waals surface area contributed by atoms with Gasteiger partial charge in [-0.05, 0) is 36.2 Å². The maximum absolute atomic E-state index is 12.5. The van der Waals surface area contributed by atoms with Gasteiger partial charge in [-0.2, -0.15) is 13.2 Å². The summed E-state index contributed by atoms with van der Waals surface area (Å²) in [6.07, 6.45) is -3.73. The lowest BCUT2D eigenvalue weighted by Crippen LogP contribution is -2.38. The van der Waals surface area contributed by atoms with E-state index in [9.17, 15) is 22.8 Å². The molecule has 0 aliphatic carbocycles. The highest BCUT2D eigenvalue weighted by atomic mass is 19.4. The predicted octanol–water partition coefficient (Wildman–Crippen LogP) is 3.53. The lowest BCUT2D eigenvalue weighted by molar-refractivity contribution is -0.137. The molecule has 0 bridgehead atoms. The first-order valence-corrected chi connectivity index (χ1v) is 8.52. The number of rotatable bonds is 7. The summed E-state index contributed by atoms with van der Waals surface area (Å²) in [7, 11) is 0. The number of alkyl halides is 3. The van der Waals surface area contributed by atoms with E-state index in [0.29, 0.717) is 19.5 Å². The van der Waals surface area contributed by atoms with Crippen molar-refractivity contribution in [3.8, 4) is 0 Å². The van der Waals surface area contributed by atoms with Crippen LogP contribution >= 0.6 is 0 Å². The van der Waals surface area contributed by atoms with Gasteiger partial charge < -0.3 is 10.2 Å². The Morgan fingerprint density at radius 3 is 2.15 bits per heavy atom. The minimum absolute atomic E-state index is 0.102. The molecule has 1 N–H and O–H groups in total. The second-order valence-corrected chi connectivity index (χ2v) is 6.07. The van der Waals surface area contributed by atoms with Crippen LogP contribution in [-0.4, -0.2) is 36.3 Å². The fourth-order valence-corrected chi connectivity index (χ4v) is 2.55. The molecule has 0 saturated heterocycles. The van der Waals surface area contributed by atoms with Crippen molar-refractivity contribution in [2.24, 2.45) is 0 Å². The van der Waals surface area contributed by atoms with Crippen molar-refractivity contribution in [1.29, 1.82) is 0 Å². The fraction of sp³-hybridized carbons (Fsp3) is 0.300. The largest absolute Gasteiger partial charge is 0.416 e. The van der Waals surface area contributed by atoms with Gasteiger partial charge in [0.15, 0.2) is 0 Å². The van der Waals surface area contributed by atoms with Gasteiger partial charge in [0, 0.05) is 32.1 Å². The molecule has 2 aromatic carbocycles. The van der Waals surface area contributed by atoms with Crippen LogP contribution in [0.1, 0.15) is 28.4 Å². The van der Waals surface area contributed by atoms with E-state index < -0.39 is 17.6 Å². The molecule has 0 aromatic heterocycles. The summed E-state index contributed by atoms with van der Waals surface area (Å²) in [5.41, 5.74) is 0.446. The quantitative estimate of drug-likeness (QED) is 0.801. The third-order valence-corrected chi connectivity index (χ3v) is 4.10. The van der Waals surface area contributed by atoms with Gasteiger partial charge in [-0.25, -0.2) is 0 Å². The molecule has 0 fully saturated rings. The second-order valence-electron chi connectivity index (χ2n) is 6.07. The zero-order valence-corrected chi connectivity index (χ0v) is 14.9. The number of hydrogen-bond acceptors (Lipinski definition) is 2. The van der Waals surface area contributed by atoms with Crippen molar-refractivity contribution in [2.45, 2.75) is 19.5 Å². The van der Waals surface area contributed by atoms with Crippen molar-refractivity contribution in [1.82, 2.24) is 10.2 Å². The Morgan fingerprint density at radius 1 is 0.963 bits per heavy atom. The normalized spacial score (nSPS) is 11.1. The first kappa shape index (κ1) is 20.5. The highest BCUT2D eigenvalue weighted by Crippen LogP contribution is 2.29. The van der Waals surface area contributed by atoms with Crippen LogP contribution < -0.4 is 5.32 Å². The molecule has 0 spiro atoms. The lowest BCUT2D eigenvalue weighted by atomic mass is 10.1. The minimum Gasteiger partial charge on any atom is -0.350 e. The maximum atomic E-state index is 12.5. The number of carbonyl (C=O) groups excluding carboxylic acids is 2. The Labute approximate surface area is 156 Å². The van der Waals surface area contributed by atoms with Gasteiger partial charge in [-0.3, -0.25) is 9.59 Å². The van der Waals surface area contributed by atoms with Gasteiger partial charge >= 0.3 is 6.18 Å². The Balaban J connectivity index is 1.83. The van der Waals surface area contributed by atoms with Crippen molar-refractivity contribution in [3.05, 3.63) is 71.3 Å². The predicted molar refractivity (Wildman–Crippen MR) is 96.2 cm³/mol. The molecule has 0 unspecified atom stereocenters. The Kier molecular flexibility index (Phi) is 6.98. The summed E-state index contributed by atoms with van der Waals surface area (Å²) < 4.78 is 37.6. The molecule has 27 heavy (non-hydrogen) atoms. The smallest absolute Gasteiger partial charge is 0.350 e. The molecule has 4 nitrogen and oxygen atoms in total. The van der Waals surface area contributed by atoms with Crippen molar-refractivity contribution in [3.63, 3.8) is 0 Å². The molecule has 144 valence electrons. The fourth-order valence-electron chi connectivity index (χ4n) is 2.55. The van der Waals surface area contributed by atoms with Crippen LogP contribution in [0.25, 0.3) is 0 Å². The van der Waals surface area contributed by atoms with Crippen molar-refractivity contribution < 1.29 is 22.8 Å². The summed E-state index contributed by atoms with van der Waals surface area (Å²) in [5, 5.41) is 2.63. The molecule has 0 heterocycles. The standard InChI is InChI=1S/C20H21F3N2O2/c1-15(26)25(13-11-16-5-3-2-4-6-16)14-12-24-19(27)17-7-9-18(10-8-17)20(21,22)23/h2-10H,11-14H2,1H3,(H,24,27). The van der Waals surface area contributed by atoms with E-state index in [1.807, 2.05) is 30.3 Å². The number of hydrogen-bond donors (Lipinski definition) is 1. The van der Waals surface area contributed by atoms with Crippen molar-refractivity contribution >= 4 is 11.8 Å². The van der Waals surface area contributed by atoms with E-state index in [1.54, 1.807) is 4.90 Å². The van der Waals surface area contributed by atoms with Gasteiger partial charge in [0.2, 0.25) is 5.91 Å². The molecule has 2 amide bonds. The molecule has 2 rings (SSSR count). The van der Waals surface area contributed by atoms with E-state index in [4.69, 9.17) is 0 Å². The summed E-state index contributed by atoms with van der Waals surface area (Å²) in [6, 6.07) is 13.7. The third-order valence-electron chi connectivity index (χ3n) is 4.10. The van der Waals surface area contributed by atoms with E-state index in [0.717, 1.165) is 29.8 Å². The number of amides is 2. The first-order chi connectivity index (χ1) is 12.8. The molecule has 0 radical (unpaired) electrons. The van der Waals surface area contributed by atoms with Gasteiger partial charge in [0.05, 0.1) is 5.56 Å². The summed E-state index contributed by atoms with van der Waals surface area (Å²) in [6.45, 7) is 2.53. The second kappa shape index (κ2) is 9.21. The Bertz CT molecular complexity index is 759. The van der Waals surface area contributed by atoms with Crippen LogP contribution in [-0.2, 0) is 17.4 Å². The average Bonchev–Trinajstić information content (AvgIpc) is 2.64. The van der Waals surface area contributed by atoms with Gasteiger partial charge in [-0.15, -0.1) is 0 Å². The number of nitrogens with zero attached hydrogens (tertiary/aromatic N) is 1. The number of carbonyl (C=O) groups is 2. The van der Waals surface area contributed by atoms with Crippen LogP contribution in [0.2, 0.25) is 0 Å². The SMILES string of the molecule is CC(=O)N(CCNC(=O)c1ccc(C(F)(F)F)cc1)CCc1ccccc1. The molecule has 7 heteroatoms. The van der Waals surface area contributed by atoms with Gasteiger partial charge in [-0.1, -0.05) is 30.3 Å². The van der Waals surface area contributed by atoms with Crippen molar-refractivity contribution in [2.75, 3.05) is 19.6 Å². The van der Waals surface area contributed by atoms with Crippen LogP contribution in [0.5, 0.6) is 0 Å². The number of nitrogens with one attached hydrogen (secondary N) is 1. The zero-order chi connectivity index (χ0) is 19.9.